The average Bonchev–Trinajstić information content (AvgIpc) is 2.91. The van der Waals surface area contributed by atoms with Crippen LogP contribution in [0.25, 0.3) is 11.0 Å². The lowest BCUT2D eigenvalue weighted by molar-refractivity contribution is 0.0692. The van der Waals surface area contributed by atoms with Gasteiger partial charge < -0.3 is 14.8 Å². The Hall–Kier alpha value is -3.15. The molecule has 0 fully saturated rings. The molecule has 2 aromatic carbocycles. The van der Waals surface area contributed by atoms with E-state index in [0.29, 0.717) is 5.58 Å². The van der Waals surface area contributed by atoms with Crippen molar-refractivity contribution in [3.05, 3.63) is 65.7 Å². The summed E-state index contributed by atoms with van der Waals surface area (Å²) in [6.45, 7) is 0. The van der Waals surface area contributed by atoms with E-state index in [9.17, 15) is 14.0 Å². The number of anilines is 1. The van der Waals surface area contributed by atoms with Gasteiger partial charge in [0.2, 0.25) is 0 Å². The van der Waals surface area contributed by atoms with Gasteiger partial charge in [-0.05, 0) is 30.3 Å². The summed E-state index contributed by atoms with van der Waals surface area (Å²) >= 11 is 0. The van der Waals surface area contributed by atoms with Crippen LogP contribution in [0.5, 0.6) is 0 Å². The normalized spacial score (nSPS) is 10.6. The Morgan fingerprint density at radius 2 is 1.86 bits per heavy atom. The minimum Gasteiger partial charge on any atom is -0.478 e. The standard InChI is InChI=1S/C16H10FNO4/c17-12-8-10(5-6-11(12)16(20)21)18-15(19)14-7-9-3-1-2-4-13(9)22-14/h1-8H,(H,18,19)(H,20,21). The van der Waals surface area contributed by atoms with E-state index < -0.39 is 23.3 Å². The molecule has 1 aromatic heterocycles. The van der Waals surface area contributed by atoms with Crippen molar-refractivity contribution in [3.63, 3.8) is 0 Å². The molecule has 0 saturated carbocycles. The average molecular weight is 299 g/mol. The summed E-state index contributed by atoms with van der Waals surface area (Å²) in [7, 11) is 0. The third-order valence-corrected chi connectivity index (χ3v) is 3.11. The van der Waals surface area contributed by atoms with Gasteiger partial charge >= 0.3 is 5.97 Å². The van der Waals surface area contributed by atoms with Crippen LogP contribution in [-0.4, -0.2) is 17.0 Å². The number of carbonyl (C=O) groups excluding carboxylic acids is 1. The van der Waals surface area contributed by atoms with Gasteiger partial charge in [0.25, 0.3) is 5.91 Å². The first-order chi connectivity index (χ1) is 10.5. The zero-order valence-electron chi connectivity index (χ0n) is 11.2. The fourth-order valence-electron chi connectivity index (χ4n) is 2.05. The number of hydrogen-bond donors (Lipinski definition) is 2. The van der Waals surface area contributed by atoms with E-state index in [4.69, 9.17) is 9.52 Å². The Labute approximate surface area is 124 Å². The van der Waals surface area contributed by atoms with E-state index in [1.807, 2.05) is 6.07 Å². The van der Waals surface area contributed by atoms with E-state index in [1.165, 1.54) is 6.07 Å². The monoisotopic (exact) mass is 299 g/mol. The molecule has 110 valence electrons. The van der Waals surface area contributed by atoms with Crippen LogP contribution >= 0.6 is 0 Å². The topological polar surface area (TPSA) is 79.5 Å². The number of carbonyl (C=O) groups is 2. The van der Waals surface area contributed by atoms with Gasteiger partial charge in [-0.25, -0.2) is 9.18 Å². The Bertz CT molecular complexity index is 852. The van der Waals surface area contributed by atoms with E-state index in [2.05, 4.69) is 5.32 Å². The summed E-state index contributed by atoms with van der Waals surface area (Å²) in [6, 6.07) is 12.1. The number of fused-ring (bicyclic) bond motifs is 1. The lowest BCUT2D eigenvalue weighted by Crippen LogP contribution is -2.11. The minimum atomic E-state index is -1.37. The molecule has 0 spiro atoms. The second-order valence-corrected chi connectivity index (χ2v) is 4.60. The molecule has 5 nitrogen and oxygen atoms in total. The van der Waals surface area contributed by atoms with Crippen LogP contribution < -0.4 is 5.32 Å². The first-order valence-electron chi connectivity index (χ1n) is 6.37. The molecule has 0 radical (unpaired) electrons. The van der Waals surface area contributed by atoms with Crippen molar-refractivity contribution in [1.82, 2.24) is 0 Å². The molecule has 0 aliphatic rings. The van der Waals surface area contributed by atoms with Gasteiger partial charge in [-0.15, -0.1) is 0 Å². The molecule has 0 bridgehead atoms. The van der Waals surface area contributed by atoms with E-state index >= 15 is 0 Å². The molecule has 3 aromatic rings. The van der Waals surface area contributed by atoms with Crippen molar-refractivity contribution in [3.8, 4) is 0 Å². The highest BCUT2D eigenvalue weighted by molar-refractivity contribution is 6.04. The molecule has 0 aliphatic heterocycles. The van der Waals surface area contributed by atoms with Crippen molar-refractivity contribution in [1.29, 1.82) is 0 Å². The third kappa shape index (κ3) is 2.54. The summed E-state index contributed by atoms with van der Waals surface area (Å²) in [6.07, 6.45) is 0. The predicted octanol–water partition coefficient (Wildman–Crippen LogP) is 3.52. The Balaban J connectivity index is 1.84. The highest BCUT2D eigenvalue weighted by atomic mass is 19.1. The number of nitrogens with one attached hydrogen (secondary N) is 1. The van der Waals surface area contributed by atoms with E-state index in [1.54, 1.807) is 24.3 Å². The number of aromatic carboxylic acids is 1. The van der Waals surface area contributed by atoms with Crippen LogP contribution in [0.1, 0.15) is 20.9 Å². The molecule has 2 N–H and O–H groups in total. The van der Waals surface area contributed by atoms with Crippen LogP contribution in [0.3, 0.4) is 0 Å². The molecule has 0 aliphatic carbocycles. The van der Waals surface area contributed by atoms with Crippen molar-refractivity contribution < 1.29 is 23.5 Å². The lowest BCUT2D eigenvalue weighted by atomic mass is 10.2. The molecule has 1 amide bonds. The molecule has 0 unspecified atom stereocenters. The number of carboxylic acids is 1. The quantitative estimate of drug-likeness (QED) is 0.775. The third-order valence-electron chi connectivity index (χ3n) is 3.11. The Kier molecular flexibility index (Phi) is 3.34. The maximum absolute atomic E-state index is 13.6. The maximum atomic E-state index is 13.6. The second kappa shape index (κ2) is 5.33. The molecule has 1 heterocycles. The molecule has 3 rings (SSSR count). The first kappa shape index (κ1) is 13.8. The first-order valence-corrected chi connectivity index (χ1v) is 6.37. The van der Waals surface area contributed by atoms with Gasteiger partial charge in [0.15, 0.2) is 5.76 Å². The largest absolute Gasteiger partial charge is 0.478 e. The fraction of sp³-hybridized carbons (Fsp3) is 0. The highest BCUT2D eigenvalue weighted by Crippen LogP contribution is 2.20. The molecule has 22 heavy (non-hydrogen) atoms. The fourth-order valence-corrected chi connectivity index (χ4v) is 2.05. The van der Waals surface area contributed by atoms with Crippen molar-refractivity contribution in [2.75, 3.05) is 5.32 Å². The van der Waals surface area contributed by atoms with Crippen molar-refractivity contribution in [2.24, 2.45) is 0 Å². The smallest absolute Gasteiger partial charge is 0.338 e. The number of furan rings is 1. The number of carboxylic acid groups (broad SMARTS) is 1. The minimum absolute atomic E-state index is 0.0870. The van der Waals surface area contributed by atoms with Gasteiger partial charge in [-0.2, -0.15) is 0 Å². The summed E-state index contributed by atoms with van der Waals surface area (Å²) in [5.41, 5.74) is 0.259. The maximum Gasteiger partial charge on any atom is 0.338 e. The van der Waals surface area contributed by atoms with Crippen molar-refractivity contribution in [2.45, 2.75) is 0 Å². The van der Waals surface area contributed by atoms with Crippen LogP contribution in [-0.2, 0) is 0 Å². The lowest BCUT2D eigenvalue weighted by Gasteiger charge is -2.04. The van der Waals surface area contributed by atoms with Gasteiger partial charge in [0, 0.05) is 11.1 Å². The molecular formula is C16H10FNO4. The summed E-state index contributed by atoms with van der Waals surface area (Å²) in [5.74, 6) is -2.75. The highest BCUT2D eigenvalue weighted by Gasteiger charge is 2.15. The SMILES string of the molecule is O=C(Nc1ccc(C(=O)O)c(F)c1)c1cc2ccccc2o1. The van der Waals surface area contributed by atoms with Crippen molar-refractivity contribution >= 4 is 28.5 Å². The molecule has 6 heteroatoms. The summed E-state index contributed by atoms with van der Waals surface area (Å²) in [4.78, 5) is 22.8. The van der Waals surface area contributed by atoms with E-state index in [0.717, 1.165) is 17.5 Å². The van der Waals surface area contributed by atoms with Gasteiger partial charge in [0.05, 0.1) is 5.56 Å². The Morgan fingerprint density at radius 1 is 1.09 bits per heavy atom. The number of rotatable bonds is 3. The zero-order valence-corrected chi connectivity index (χ0v) is 11.2. The van der Waals surface area contributed by atoms with Crippen LogP contribution in [0.2, 0.25) is 0 Å². The molecule has 0 saturated heterocycles. The number of benzene rings is 2. The molecule has 0 atom stereocenters. The Morgan fingerprint density at radius 3 is 2.55 bits per heavy atom. The summed E-state index contributed by atoms with van der Waals surface area (Å²) < 4.78 is 19.0. The summed E-state index contributed by atoms with van der Waals surface area (Å²) in [5, 5.41) is 12.0. The number of para-hydroxylation sites is 1. The van der Waals surface area contributed by atoms with E-state index in [-0.39, 0.29) is 11.4 Å². The van der Waals surface area contributed by atoms with Crippen LogP contribution in [0.15, 0.2) is 52.9 Å². The van der Waals surface area contributed by atoms with Crippen LogP contribution in [0, 0.1) is 5.82 Å². The number of hydrogen-bond acceptors (Lipinski definition) is 3. The zero-order chi connectivity index (χ0) is 15.7. The van der Waals surface area contributed by atoms with Crippen LogP contribution in [0.4, 0.5) is 10.1 Å². The predicted molar refractivity (Wildman–Crippen MR) is 77.5 cm³/mol. The van der Waals surface area contributed by atoms with Gasteiger partial charge in [0.1, 0.15) is 11.4 Å². The number of halogens is 1. The second-order valence-electron chi connectivity index (χ2n) is 4.60. The van der Waals surface area contributed by atoms with Gasteiger partial charge in [-0.3, -0.25) is 4.79 Å². The number of amides is 1. The molecular weight excluding hydrogens is 289 g/mol. The van der Waals surface area contributed by atoms with Gasteiger partial charge in [-0.1, -0.05) is 18.2 Å².